The fourth-order valence-corrected chi connectivity index (χ4v) is 5.25. The Kier molecular flexibility index (Phi) is 7.67. The van der Waals surface area contributed by atoms with Crippen LogP contribution in [-0.2, 0) is 28.9 Å². The number of carbonyl (C=O) groups excluding carboxylic acids is 1. The molecule has 1 aliphatic carbocycles. The molecular weight excluding hydrogens is 406 g/mol. The molecule has 1 saturated heterocycles. The number of amides is 1. The zero-order chi connectivity index (χ0) is 21.6. The molecule has 166 valence electrons. The highest BCUT2D eigenvalue weighted by atomic mass is 32.2. The lowest BCUT2D eigenvalue weighted by Crippen LogP contribution is -2.48. The van der Waals surface area contributed by atoms with Crippen LogP contribution in [0.1, 0.15) is 23.1 Å². The van der Waals surface area contributed by atoms with Crippen LogP contribution >= 0.6 is 11.8 Å². The molecular formula is C25H33N3O2S. The predicted molar refractivity (Wildman–Crippen MR) is 126 cm³/mol. The van der Waals surface area contributed by atoms with Crippen molar-refractivity contribution in [3.05, 3.63) is 65.2 Å². The first kappa shape index (κ1) is 22.3. The standard InChI is InChI=1S/C25H33N3O2S/c1-30-12-11-26-25(29)24-15-21(27-16-18-7-9-23(31-2)10-8-18)17-28(24)22-13-19-5-3-4-6-20(19)14-22/h3-10,21-22,24,27H,11-17H2,1-2H3,(H,26,29)/t21-,24+/m1/s1. The van der Waals surface area contributed by atoms with Gasteiger partial charge in [-0.1, -0.05) is 36.4 Å². The van der Waals surface area contributed by atoms with Crippen molar-refractivity contribution < 1.29 is 9.53 Å². The minimum absolute atomic E-state index is 0.0902. The Hall–Kier alpha value is -1.86. The van der Waals surface area contributed by atoms with Gasteiger partial charge in [-0.3, -0.25) is 9.69 Å². The highest BCUT2D eigenvalue weighted by Gasteiger charge is 2.41. The van der Waals surface area contributed by atoms with Crippen LogP contribution in [0.15, 0.2) is 53.4 Å². The third-order valence-electron chi connectivity index (χ3n) is 6.50. The molecule has 2 aromatic carbocycles. The van der Waals surface area contributed by atoms with Crippen molar-refractivity contribution in [2.24, 2.45) is 0 Å². The summed E-state index contributed by atoms with van der Waals surface area (Å²) in [6.45, 7) is 2.84. The van der Waals surface area contributed by atoms with E-state index in [1.54, 1.807) is 18.9 Å². The van der Waals surface area contributed by atoms with Gasteiger partial charge in [-0.25, -0.2) is 0 Å². The summed E-state index contributed by atoms with van der Waals surface area (Å²) in [6, 6.07) is 18.0. The van der Waals surface area contributed by atoms with Gasteiger partial charge >= 0.3 is 0 Å². The van der Waals surface area contributed by atoms with Gasteiger partial charge in [0.2, 0.25) is 5.91 Å². The first-order valence-corrected chi connectivity index (χ1v) is 12.4. The van der Waals surface area contributed by atoms with Crippen molar-refractivity contribution in [1.82, 2.24) is 15.5 Å². The maximum absolute atomic E-state index is 13.0. The van der Waals surface area contributed by atoms with E-state index in [2.05, 4.69) is 70.3 Å². The number of hydrogen-bond donors (Lipinski definition) is 2. The lowest BCUT2D eigenvalue weighted by molar-refractivity contribution is -0.126. The van der Waals surface area contributed by atoms with Crippen molar-refractivity contribution >= 4 is 17.7 Å². The van der Waals surface area contributed by atoms with Crippen molar-refractivity contribution in [3.63, 3.8) is 0 Å². The van der Waals surface area contributed by atoms with Gasteiger partial charge < -0.3 is 15.4 Å². The molecule has 1 amide bonds. The number of benzene rings is 2. The molecule has 2 aromatic rings. The molecule has 0 bridgehead atoms. The fraction of sp³-hybridized carbons (Fsp3) is 0.480. The zero-order valence-electron chi connectivity index (χ0n) is 18.5. The highest BCUT2D eigenvalue weighted by Crippen LogP contribution is 2.31. The van der Waals surface area contributed by atoms with Gasteiger partial charge in [0.15, 0.2) is 0 Å². The van der Waals surface area contributed by atoms with Crippen LogP contribution in [0.3, 0.4) is 0 Å². The molecule has 0 radical (unpaired) electrons. The third kappa shape index (κ3) is 5.50. The molecule has 0 saturated carbocycles. The molecule has 1 fully saturated rings. The first-order chi connectivity index (χ1) is 15.2. The summed E-state index contributed by atoms with van der Waals surface area (Å²) in [5, 5.41) is 6.78. The van der Waals surface area contributed by atoms with Gasteiger partial charge in [0.25, 0.3) is 0 Å². The number of hydrogen-bond acceptors (Lipinski definition) is 5. The van der Waals surface area contributed by atoms with Crippen molar-refractivity contribution in [2.45, 2.75) is 48.8 Å². The smallest absolute Gasteiger partial charge is 0.237 e. The number of fused-ring (bicyclic) bond motifs is 1. The monoisotopic (exact) mass is 439 g/mol. The number of nitrogens with zero attached hydrogens (tertiary/aromatic N) is 1. The molecule has 4 rings (SSSR count). The van der Waals surface area contributed by atoms with E-state index in [-0.39, 0.29) is 11.9 Å². The summed E-state index contributed by atoms with van der Waals surface area (Å²) < 4.78 is 5.11. The Morgan fingerprint density at radius 1 is 1.13 bits per heavy atom. The molecule has 1 aliphatic heterocycles. The Bertz CT molecular complexity index is 848. The average molecular weight is 440 g/mol. The van der Waals surface area contributed by atoms with Crippen molar-refractivity contribution in [2.75, 3.05) is 33.1 Å². The number of likely N-dealkylation sites (tertiary alicyclic amines) is 1. The quantitative estimate of drug-likeness (QED) is 0.465. The lowest BCUT2D eigenvalue weighted by atomic mass is 10.1. The summed E-state index contributed by atoms with van der Waals surface area (Å²) in [6.07, 6.45) is 5.00. The van der Waals surface area contributed by atoms with Crippen LogP contribution in [0.25, 0.3) is 0 Å². The molecule has 6 heteroatoms. The van der Waals surface area contributed by atoms with E-state index in [0.29, 0.717) is 25.2 Å². The highest BCUT2D eigenvalue weighted by molar-refractivity contribution is 7.98. The molecule has 0 aromatic heterocycles. The van der Waals surface area contributed by atoms with Gasteiger partial charge in [-0.2, -0.15) is 0 Å². The summed E-state index contributed by atoms with van der Waals surface area (Å²) in [4.78, 5) is 16.7. The Balaban J connectivity index is 1.41. The molecule has 31 heavy (non-hydrogen) atoms. The van der Waals surface area contributed by atoms with Crippen LogP contribution in [0.5, 0.6) is 0 Å². The normalized spacial score (nSPS) is 21.4. The lowest BCUT2D eigenvalue weighted by Gasteiger charge is -2.29. The van der Waals surface area contributed by atoms with E-state index in [0.717, 1.165) is 32.4 Å². The van der Waals surface area contributed by atoms with E-state index >= 15 is 0 Å². The van der Waals surface area contributed by atoms with Crippen LogP contribution in [-0.4, -0.2) is 62.0 Å². The second kappa shape index (κ2) is 10.6. The van der Waals surface area contributed by atoms with Gasteiger partial charge in [0, 0.05) is 43.7 Å². The summed E-state index contributed by atoms with van der Waals surface area (Å²) in [5.74, 6) is 0.127. The van der Waals surface area contributed by atoms with Crippen LogP contribution in [0, 0.1) is 0 Å². The van der Waals surface area contributed by atoms with Crippen molar-refractivity contribution in [3.8, 4) is 0 Å². The van der Waals surface area contributed by atoms with E-state index in [9.17, 15) is 4.79 Å². The number of carbonyl (C=O) groups is 1. The molecule has 0 unspecified atom stereocenters. The van der Waals surface area contributed by atoms with E-state index in [1.165, 1.54) is 21.6 Å². The van der Waals surface area contributed by atoms with E-state index in [1.807, 2.05) is 0 Å². The number of thioether (sulfide) groups is 1. The molecule has 1 heterocycles. The van der Waals surface area contributed by atoms with E-state index < -0.39 is 0 Å². The summed E-state index contributed by atoms with van der Waals surface area (Å²) in [5.41, 5.74) is 4.14. The maximum Gasteiger partial charge on any atom is 0.237 e. The molecule has 5 nitrogen and oxygen atoms in total. The number of methoxy groups -OCH3 is 1. The van der Waals surface area contributed by atoms with Gasteiger partial charge in [-0.05, 0) is 54.3 Å². The topological polar surface area (TPSA) is 53.6 Å². The molecule has 2 atom stereocenters. The molecule has 2 N–H and O–H groups in total. The van der Waals surface area contributed by atoms with E-state index in [4.69, 9.17) is 4.74 Å². The predicted octanol–water partition coefficient (Wildman–Crippen LogP) is 2.87. The van der Waals surface area contributed by atoms with Gasteiger partial charge in [0.1, 0.15) is 0 Å². The Morgan fingerprint density at radius 2 is 1.84 bits per heavy atom. The minimum atomic E-state index is -0.0902. The zero-order valence-corrected chi connectivity index (χ0v) is 19.3. The van der Waals surface area contributed by atoms with Crippen LogP contribution < -0.4 is 10.6 Å². The Morgan fingerprint density at radius 3 is 2.48 bits per heavy atom. The second-order valence-corrected chi connectivity index (χ2v) is 9.37. The van der Waals surface area contributed by atoms with Crippen LogP contribution in [0.2, 0.25) is 0 Å². The maximum atomic E-state index is 13.0. The van der Waals surface area contributed by atoms with Gasteiger partial charge in [0.05, 0.1) is 12.6 Å². The third-order valence-corrected chi connectivity index (χ3v) is 7.24. The van der Waals surface area contributed by atoms with Crippen LogP contribution in [0.4, 0.5) is 0 Å². The SMILES string of the molecule is COCCNC(=O)[C@@H]1C[C@@H](NCc2ccc(SC)cc2)CN1C1Cc2ccccc2C1. The number of ether oxygens (including phenoxy) is 1. The largest absolute Gasteiger partial charge is 0.383 e. The van der Waals surface area contributed by atoms with Gasteiger partial charge in [-0.15, -0.1) is 11.8 Å². The first-order valence-electron chi connectivity index (χ1n) is 11.1. The second-order valence-electron chi connectivity index (χ2n) is 8.49. The minimum Gasteiger partial charge on any atom is -0.383 e. The summed E-state index contributed by atoms with van der Waals surface area (Å²) >= 11 is 1.76. The molecule has 2 aliphatic rings. The number of nitrogens with one attached hydrogen (secondary N) is 2. The summed E-state index contributed by atoms with van der Waals surface area (Å²) in [7, 11) is 1.66. The molecule has 0 spiro atoms. The fourth-order valence-electron chi connectivity index (χ4n) is 4.84. The average Bonchev–Trinajstić information content (AvgIpc) is 3.42. The number of rotatable bonds is 9. The van der Waals surface area contributed by atoms with Crippen molar-refractivity contribution in [1.29, 1.82) is 0 Å². The Labute approximate surface area is 189 Å².